The molecule has 0 spiro atoms. The molecule has 244 valence electrons. The van der Waals surface area contributed by atoms with Crippen molar-refractivity contribution in [1.29, 1.82) is 0 Å². The van der Waals surface area contributed by atoms with Crippen LogP contribution >= 0.6 is 23.2 Å². The number of anilines is 2. The van der Waals surface area contributed by atoms with Crippen molar-refractivity contribution < 1.29 is 22.8 Å². The number of rotatable bonds is 7. The molecule has 0 saturated carbocycles. The predicted molar refractivity (Wildman–Crippen MR) is 181 cm³/mol. The van der Waals surface area contributed by atoms with E-state index >= 15 is 0 Å². The van der Waals surface area contributed by atoms with Gasteiger partial charge in [0.2, 0.25) is 15.9 Å². The Labute approximate surface area is 283 Å². The highest BCUT2D eigenvalue weighted by molar-refractivity contribution is 7.88. The number of carbonyl (C=O) groups is 3. The van der Waals surface area contributed by atoms with E-state index in [4.69, 9.17) is 23.2 Å². The number of hydrogen-bond donors (Lipinski definition) is 2. The van der Waals surface area contributed by atoms with Crippen LogP contribution in [0.15, 0.2) is 73.3 Å². The Morgan fingerprint density at radius 3 is 1.68 bits per heavy atom. The lowest BCUT2D eigenvalue weighted by Gasteiger charge is -2.28. The molecule has 4 heterocycles. The van der Waals surface area contributed by atoms with Gasteiger partial charge in [0.05, 0.1) is 30.0 Å². The fourth-order valence-corrected chi connectivity index (χ4v) is 6.10. The molecule has 0 unspecified atom stereocenters. The van der Waals surface area contributed by atoms with Gasteiger partial charge >= 0.3 is 0 Å². The molecule has 0 aliphatic carbocycles. The van der Waals surface area contributed by atoms with E-state index < -0.39 is 10.0 Å². The van der Waals surface area contributed by atoms with Gasteiger partial charge in [-0.05, 0) is 83.6 Å². The van der Waals surface area contributed by atoms with Gasteiger partial charge in [-0.15, -0.1) is 0 Å². The number of amides is 3. The van der Waals surface area contributed by atoms with Crippen LogP contribution < -0.4 is 19.8 Å². The second-order valence-corrected chi connectivity index (χ2v) is 13.8. The minimum atomic E-state index is -3.29. The molecule has 2 aliphatic rings. The number of aromatic nitrogens is 2. The highest BCUT2D eigenvalue weighted by Gasteiger charge is 2.27. The van der Waals surface area contributed by atoms with Gasteiger partial charge in [0.25, 0.3) is 11.8 Å². The smallest absolute Gasteiger partial charge is 0.258 e. The normalized spacial score (nSPS) is 14.1. The van der Waals surface area contributed by atoms with E-state index in [1.807, 2.05) is 18.2 Å². The Morgan fingerprint density at radius 2 is 1.23 bits per heavy atom. The Kier molecular flexibility index (Phi) is 10.6. The Morgan fingerprint density at radius 1 is 0.766 bits per heavy atom. The maximum Gasteiger partial charge on any atom is 0.258 e. The first-order chi connectivity index (χ1) is 22.4. The molecule has 3 amide bonds. The third kappa shape index (κ3) is 8.72. The predicted octanol–water partition coefficient (Wildman–Crippen LogP) is 4.56. The van der Waals surface area contributed by atoms with Crippen LogP contribution in [0.3, 0.4) is 0 Å². The van der Waals surface area contributed by atoms with E-state index in [1.165, 1.54) is 6.92 Å². The van der Waals surface area contributed by atoms with E-state index in [0.29, 0.717) is 58.5 Å². The van der Waals surface area contributed by atoms with Gasteiger partial charge in [-0.3, -0.25) is 24.4 Å². The average Bonchev–Trinajstić information content (AvgIpc) is 3.03. The van der Waals surface area contributed by atoms with Gasteiger partial charge in [-0.1, -0.05) is 23.2 Å². The van der Waals surface area contributed by atoms with Crippen molar-refractivity contribution >= 4 is 62.3 Å². The van der Waals surface area contributed by atoms with Crippen molar-refractivity contribution in [2.75, 3.05) is 29.1 Å². The van der Waals surface area contributed by atoms with Gasteiger partial charge in [0.15, 0.2) is 0 Å². The molecule has 11 nitrogen and oxygen atoms in total. The highest BCUT2D eigenvalue weighted by atomic mass is 35.5. The minimum absolute atomic E-state index is 0.0543. The molecule has 2 aromatic heterocycles. The van der Waals surface area contributed by atoms with Crippen LogP contribution in [-0.2, 0) is 40.7 Å². The third-order valence-electron chi connectivity index (χ3n) is 7.56. The Bertz CT molecular complexity index is 1960. The summed E-state index contributed by atoms with van der Waals surface area (Å²) < 4.78 is 24.8. The monoisotopic (exact) mass is 694 g/mol. The SMILES string of the molecule is CC(=O)NCc1cncc(N2CCc3cc(Cl)ccc3C2=O)c1.CS(=O)(=O)NCc1cncc(N2CCc3cc(Cl)ccc3C2=O)c1. The lowest BCUT2D eigenvalue weighted by atomic mass is 9.98. The third-order valence-corrected chi connectivity index (χ3v) is 8.70. The summed E-state index contributed by atoms with van der Waals surface area (Å²) in [6.45, 7) is 3.10. The van der Waals surface area contributed by atoms with Gasteiger partial charge < -0.3 is 15.1 Å². The average molecular weight is 696 g/mol. The quantitative estimate of drug-likeness (QED) is 0.289. The number of nitrogens with one attached hydrogen (secondary N) is 2. The summed E-state index contributed by atoms with van der Waals surface area (Å²) in [6, 6.07) is 14.2. The van der Waals surface area contributed by atoms with E-state index in [2.05, 4.69) is 20.0 Å². The molecule has 14 heteroatoms. The van der Waals surface area contributed by atoms with Crippen LogP contribution in [0.25, 0.3) is 0 Å². The first kappa shape index (κ1) is 34.0. The fourth-order valence-electron chi connectivity index (χ4n) is 5.28. The van der Waals surface area contributed by atoms with Crippen LogP contribution in [0.1, 0.15) is 49.9 Å². The first-order valence-electron chi connectivity index (χ1n) is 14.7. The zero-order valence-corrected chi connectivity index (χ0v) is 28.0. The van der Waals surface area contributed by atoms with Crippen molar-refractivity contribution in [2.24, 2.45) is 0 Å². The minimum Gasteiger partial charge on any atom is -0.352 e. The van der Waals surface area contributed by atoms with Gasteiger partial charge in [0.1, 0.15) is 0 Å². The molecule has 0 atom stereocenters. The van der Waals surface area contributed by atoms with E-state index in [9.17, 15) is 22.8 Å². The molecule has 6 rings (SSSR count). The standard InChI is InChI=1S/C17H16ClN3O2.C16H16ClN3O3S/c1-11(22)20-9-12-6-15(10-19-8-12)21-5-4-13-7-14(18)2-3-16(13)17(21)23;1-24(22,23)19-9-11-6-14(10-18-8-11)20-5-4-12-7-13(17)2-3-15(12)16(20)21/h2-3,6-8,10H,4-5,9H2,1H3,(H,20,22);2-3,6-8,10,19H,4-5,9H2,1H3. The largest absolute Gasteiger partial charge is 0.352 e. The van der Waals surface area contributed by atoms with E-state index in [-0.39, 0.29) is 24.3 Å². The zero-order valence-electron chi connectivity index (χ0n) is 25.7. The number of sulfonamides is 1. The van der Waals surface area contributed by atoms with Gasteiger partial charge in [-0.2, -0.15) is 0 Å². The Hall–Kier alpha value is -4.36. The number of pyridine rings is 2. The molecule has 2 aliphatic heterocycles. The first-order valence-corrected chi connectivity index (χ1v) is 17.3. The number of hydrogen-bond acceptors (Lipinski definition) is 7. The van der Waals surface area contributed by atoms with Gasteiger partial charge in [0, 0.05) is 66.7 Å². The summed E-state index contributed by atoms with van der Waals surface area (Å²) in [4.78, 5) is 48.1. The summed E-state index contributed by atoms with van der Waals surface area (Å²) in [6.07, 6.45) is 9.07. The van der Waals surface area contributed by atoms with E-state index in [0.717, 1.165) is 35.1 Å². The summed E-state index contributed by atoms with van der Waals surface area (Å²) in [5, 5.41) is 3.99. The van der Waals surface area contributed by atoms with Crippen molar-refractivity contribution in [3.63, 3.8) is 0 Å². The maximum atomic E-state index is 12.7. The summed E-state index contributed by atoms with van der Waals surface area (Å²) >= 11 is 12.0. The zero-order chi connectivity index (χ0) is 33.7. The molecule has 0 saturated heterocycles. The van der Waals surface area contributed by atoms with Crippen LogP contribution in [0.5, 0.6) is 0 Å². The number of fused-ring (bicyclic) bond motifs is 2. The van der Waals surface area contributed by atoms with Crippen LogP contribution in [0, 0.1) is 0 Å². The van der Waals surface area contributed by atoms with Gasteiger partial charge in [-0.25, -0.2) is 13.1 Å². The summed E-state index contributed by atoms with van der Waals surface area (Å²) in [5.74, 6) is -0.264. The summed E-state index contributed by atoms with van der Waals surface area (Å²) in [7, 11) is -3.29. The molecular formula is C33H32Cl2N6O5S. The summed E-state index contributed by atoms with van der Waals surface area (Å²) in [5.41, 5.74) is 6.14. The van der Waals surface area contributed by atoms with Crippen molar-refractivity contribution in [1.82, 2.24) is 20.0 Å². The van der Waals surface area contributed by atoms with Crippen molar-refractivity contribution in [3.05, 3.63) is 117 Å². The molecule has 0 bridgehead atoms. The van der Waals surface area contributed by atoms with Crippen molar-refractivity contribution in [3.8, 4) is 0 Å². The maximum absolute atomic E-state index is 12.7. The molecule has 4 aromatic rings. The molecular weight excluding hydrogens is 663 g/mol. The van der Waals surface area contributed by atoms with E-state index in [1.54, 1.807) is 64.9 Å². The van der Waals surface area contributed by atoms with Crippen LogP contribution in [0.4, 0.5) is 11.4 Å². The lowest BCUT2D eigenvalue weighted by molar-refractivity contribution is -0.119. The number of carbonyl (C=O) groups excluding carboxylic acids is 3. The number of halogens is 2. The molecule has 0 fully saturated rings. The molecule has 47 heavy (non-hydrogen) atoms. The molecule has 0 radical (unpaired) electrons. The number of benzene rings is 2. The number of nitrogens with zero attached hydrogens (tertiary/aromatic N) is 4. The second-order valence-electron chi connectivity index (χ2n) is 11.1. The van der Waals surface area contributed by atoms with Crippen molar-refractivity contribution in [2.45, 2.75) is 32.9 Å². The van der Waals surface area contributed by atoms with Crippen LogP contribution in [0.2, 0.25) is 10.0 Å². The highest BCUT2D eigenvalue weighted by Crippen LogP contribution is 2.28. The fraction of sp³-hybridized carbons (Fsp3) is 0.242. The topological polar surface area (TPSA) is 142 Å². The molecule has 2 aromatic carbocycles. The molecule has 2 N–H and O–H groups in total. The van der Waals surface area contributed by atoms with Crippen LogP contribution in [-0.4, -0.2) is 55.5 Å². The second kappa shape index (κ2) is 14.6. The lowest BCUT2D eigenvalue weighted by Crippen LogP contribution is -2.37. The Balaban J connectivity index is 0.000000185.